The lowest BCUT2D eigenvalue weighted by Crippen LogP contribution is -2.15. The molecule has 0 aliphatic rings. The van der Waals surface area contributed by atoms with Gasteiger partial charge in [0.05, 0.1) is 17.0 Å². The molecule has 10 heteroatoms. The van der Waals surface area contributed by atoms with Crippen LogP contribution in [0.1, 0.15) is 11.5 Å². The zero-order chi connectivity index (χ0) is 18.0. The quantitative estimate of drug-likeness (QED) is 0.541. The highest BCUT2D eigenvalue weighted by Crippen LogP contribution is 2.32. The number of thiazole rings is 1. The van der Waals surface area contributed by atoms with Crippen molar-refractivity contribution in [3.63, 3.8) is 0 Å². The minimum Gasteiger partial charge on any atom is -0.301 e. The molecular formula is C15H11F3N4OS2. The first-order valence-corrected chi connectivity index (χ1v) is 8.88. The second-order valence-corrected chi connectivity index (χ2v) is 6.82. The second kappa shape index (κ2) is 6.96. The summed E-state index contributed by atoms with van der Waals surface area (Å²) in [6.45, 7) is 1.80. The highest BCUT2D eigenvalue weighted by molar-refractivity contribution is 8.00. The molecular weight excluding hydrogens is 373 g/mol. The van der Waals surface area contributed by atoms with Gasteiger partial charge in [-0.25, -0.2) is 15.0 Å². The smallest absolute Gasteiger partial charge is 0.301 e. The van der Waals surface area contributed by atoms with Gasteiger partial charge in [0.1, 0.15) is 5.03 Å². The van der Waals surface area contributed by atoms with Crippen molar-refractivity contribution < 1.29 is 18.0 Å². The van der Waals surface area contributed by atoms with Gasteiger partial charge in [0.2, 0.25) is 11.7 Å². The summed E-state index contributed by atoms with van der Waals surface area (Å²) in [5.41, 5.74) is 0.966. The molecule has 0 atom stereocenters. The number of nitrogens with one attached hydrogen (secondary N) is 1. The van der Waals surface area contributed by atoms with Crippen molar-refractivity contribution in [2.45, 2.75) is 18.1 Å². The number of alkyl halides is 3. The first kappa shape index (κ1) is 17.6. The summed E-state index contributed by atoms with van der Waals surface area (Å²) in [6, 6.07) is 6.39. The van der Waals surface area contributed by atoms with Gasteiger partial charge in [-0.2, -0.15) is 13.2 Å². The molecule has 5 nitrogen and oxygen atoms in total. The molecule has 0 radical (unpaired) electrons. The Kier molecular flexibility index (Phi) is 4.91. The van der Waals surface area contributed by atoms with Crippen molar-refractivity contribution in [3.05, 3.63) is 41.2 Å². The SMILES string of the molecule is Cc1csc(NC(=O)CSc2nc(C(F)(F)F)nc3ccccc23)n1. The third-order valence-corrected chi connectivity index (χ3v) is 4.89. The van der Waals surface area contributed by atoms with Crippen LogP contribution in [0.4, 0.5) is 18.3 Å². The molecule has 2 heterocycles. The van der Waals surface area contributed by atoms with E-state index in [9.17, 15) is 18.0 Å². The van der Waals surface area contributed by atoms with Crippen molar-refractivity contribution in [2.75, 3.05) is 11.1 Å². The molecule has 0 bridgehead atoms. The van der Waals surface area contributed by atoms with Gasteiger partial charge in [0, 0.05) is 10.8 Å². The van der Waals surface area contributed by atoms with Crippen LogP contribution in [0.3, 0.4) is 0 Å². The number of fused-ring (bicyclic) bond motifs is 1. The van der Waals surface area contributed by atoms with Gasteiger partial charge in [0.15, 0.2) is 5.13 Å². The summed E-state index contributed by atoms with van der Waals surface area (Å²) < 4.78 is 38.9. The van der Waals surface area contributed by atoms with Crippen LogP contribution < -0.4 is 5.32 Å². The monoisotopic (exact) mass is 384 g/mol. The fourth-order valence-corrected chi connectivity index (χ4v) is 3.51. The molecule has 0 spiro atoms. The number of halogens is 3. The number of rotatable bonds is 4. The number of thioether (sulfide) groups is 1. The number of nitrogens with zero attached hydrogens (tertiary/aromatic N) is 3. The van der Waals surface area contributed by atoms with Crippen LogP contribution in [0, 0.1) is 6.92 Å². The predicted molar refractivity (Wildman–Crippen MR) is 90.7 cm³/mol. The van der Waals surface area contributed by atoms with E-state index in [0.29, 0.717) is 10.5 Å². The Morgan fingerprint density at radius 1 is 1.24 bits per heavy atom. The fraction of sp³-hybridized carbons (Fsp3) is 0.200. The maximum atomic E-state index is 13.0. The van der Waals surface area contributed by atoms with Crippen molar-refractivity contribution in [3.8, 4) is 0 Å². The van der Waals surface area contributed by atoms with Gasteiger partial charge < -0.3 is 5.32 Å². The van der Waals surface area contributed by atoms with Gasteiger partial charge in [-0.3, -0.25) is 4.79 Å². The molecule has 0 saturated carbocycles. The fourth-order valence-electron chi connectivity index (χ4n) is 1.98. The van der Waals surface area contributed by atoms with Crippen molar-refractivity contribution >= 4 is 45.0 Å². The van der Waals surface area contributed by atoms with Crippen molar-refractivity contribution in [1.29, 1.82) is 0 Å². The maximum absolute atomic E-state index is 13.0. The Bertz CT molecular complexity index is 927. The largest absolute Gasteiger partial charge is 0.451 e. The number of carbonyl (C=O) groups excluding carboxylic acids is 1. The molecule has 2 aromatic heterocycles. The van der Waals surface area contributed by atoms with E-state index < -0.39 is 12.0 Å². The third-order valence-electron chi connectivity index (χ3n) is 3.03. The first-order chi connectivity index (χ1) is 11.8. The highest BCUT2D eigenvalue weighted by atomic mass is 32.2. The molecule has 130 valence electrons. The van der Waals surface area contributed by atoms with Crippen LogP contribution in [-0.2, 0) is 11.0 Å². The van der Waals surface area contributed by atoms with Crippen LogP contribution in [0.2, 0.25) is 0 Å². The molecule has 0 fully saturated rings. The van der Waals surface area contributed by atoms with E-state index in [0.717, 1.165) is 17.5 Å². The van der Waals surface area contributed by atoms with Crippen LogP contribution >= 0.6 is 23.1 Å². The van der Waals surface area contributed by atoms with Gasteiger partial charge >= 0.3 is 6.18 Å². The number of amides is 1. The standard InChI is InChI=1S/C15H11F3N4OS2/c1-8-6-25-14(19-8)21-11(23)7-24-12-9-4-2-3-5-10(9)20-13(22-12)15(16,17)18/h2-6H,7H2,1H3,(H,19,21,23). The number of carbonyl (C=O) groups is 1. The summed E-state index contributed by atoms with van der Waals surface area (Å²) in [6.07, 6.45) is -4.65. The van der Waals surface area contributed by atoms with Crippen LogP contribution in [0.5, 0.6) is 0 Å². The molecule has 0 saturated heterocycles. The summed E-state index contributed by atoms with van der Waals surface area (Å²) in [5.74, 6) is -1.67. The van der Waals surface area contributed by atoms with Gasteiger partial charge in [0.25, 0.3) is 0 Å². The molecule has 3 aromatic rings. The van der Waals surface area contributed by atoms with E-state index in [2.05, 4.69) is 20.3 Å². The molecule has 25 heavy (non-hydrogen) atoms. The third kappa shape index (κ3) is 4.26. The van der Waals surface area contributed by atoms with E-state index in [1.54, 1.807) is 30.5 Å². The molecule has 1 aromatic carbocycles. The Hall–Kier alpha value is -2.20. The number of hydrogen-bond donors (Lipinski definition) is 1. The highest BCUT2D eigenvalue weighted by Gasteiger charge is 2.35. The van der Waals surface area contributed by atoms with E-state index in [1.165, 1.54) is 17.4 Å². The summed E-state index contributed by atoms with van der Waals surface area (Å²) in [4.78, 5) is 23.2. The Balaban J connectivity index is 1.81. The van der Waals surface area contributed by atoms with E-state index in [-0.39, 0.29) is 22.2 Å². The summed E-state index contributed by atoms with van der Waals surface area (Å²) in [7, 11) is 0. The maximum Gasteiger partial charge on any atom is 0.451 e. The second-order valence-electron chi connectivity index (χ2n) is 5.00. The van der Waals surface area contributed by atoms with Gasteiger partial charge in [-0.15, -0.1) is 11.3 Å². The lowest BCUT2D eigenvalue weighted by Gasteiger charge is -2.10. The molecule has 0 unspecified atom stereocenters. The van der Waals surface area contributed by atoms with Crippen LogP contribution in [-0.4, -0.2) is 26.6 Å². The average Bonchev–Trinajstić information content (AvgIpc) is 2.96. The number of aryl methyl sites for hydroxylation is 1. The molecule has 3 rings (SSSR count). The van der Waals surface area contributed by atoms with E-state index in [1.807, 2.05) is 0 Å². The van der Waals surface area contributed by atoms with Crippen molar-refractivity contribution in [1.82, 2.24) is 15.0 Å². The number of aromatic nitrogens is 3. The topological polar surface area (TPSA) is 67.8 Å². The normalized spacial score (nSPS) is 11.7. The zero-order valence-electron chi connectivity index (χ0n) is 12.8. The average molecular weight is 384 g/mol. The number of benzene rings is 1. The number of para-hydroxylation sites is 1. The first-order valence-electron chi connectivity index (χ1n) is 7.01. The molecule has 1 N–H and O–H groups in total. The lowest BCUT2D eigenvalue weighted by molar-refractivity contribution is -0.145. The molecule has 1 amide bonds. The van der Waals surface area contributed by atoms with Crippen molar-refractivity contribution in [2.24, 2.45) is 0 Å². The van der Waals surface area contributed by atoms with Crippen LogP contribution in [0.15, 0.2) is 34.7 Å². The number of anilines is 1. The van der Waals surface area contributed by atoms with Gasteiger partial charge in [-0.05, 0) is 13.0 Å². The Labute approximate surface area is 148 Å². The van der Waals surface area contributed by atoms with Gasteiger partial charge in [-0.1, -0.05) is 30.0 Å². The summed E-state index contributed by atoms with van der Waals surface area (Å²) in [5, 5.41) is 5.43. The minimum atomic E-state index is -4.65. The molecule has 0 aliphatic heterocycles. The zero-order valence-corrected chi connectivity index (χ0v) is 14.4. The van der Waals surface area contributed by atoms with E-state index >= 15 is 0 Å². The molecule has 0 aliphatic carbocycles. The predicted octanol–water partition coefficient (Wildman–Crippen LogP) is 4.14. The summed E-state index contributed by atoms with van der Waals surface area (Å²) >= 11 is 2.21. The minimum absolute atomic E-state index is 0.0864. The van der Waals surface area contributed by atoms with E-state index in [4.69, 9.17) is 0 Å². The Morgan fingerprint density at radius 3 is 2.68 bits per heavy atom. The Morgan fingerprint density at radius 2 is 2.00 bits per heavy atom. The lowest BCUT2D eigenvalue weighted by atomic mass is 10.2. The van der Waals surface area contributed by atoms with Crippen LogP contribution in [0.25, 0.3) is 10.9 Å². The number of hydrogen-bond acceptors (Lipinski definition) is 6.